The summed E-state index contributed by atoms with van der Waals surface area (Å²) in [6, 6.07) is 11.2. The lowest BCUT2D eigenvalue weighted by molar-refractivity contribution is -0.192. The summed E-state index contributed by atoms with van der Waals surface area (Å²) < 4.78 is 57.4. The highest BCUT2D eigenvalue weighted by molar-refractivity contribution is 5.93. The molecule has 5 rings (SSSR count). The number of aromatic amines is 1. The molecule has 0 atom stereocenters. The number of fused-ring (bicyclic) bond motifs is 1. The van der Waals surface area contributed by atoms with E-state index in [4.69, 9.17) is 19.1 Å². The Hall–Kier alpha value is -5.21. The zero-order chi connectivity index (χ0) is 28.9. The highest BCUT2D eigenvalue weighted by Crippen LogP contribution is 2.34. The number of carboxylic acid groups (broad SMARTS) is 1. The van der Waals surface area contributed by atoms with Crippen molar-refractivity contribution in [2.45, 2.75) is 13.1 Å². The predicted octanol–water partition coefficient (Wildman–Crippen LogP) is 5.69. The molecule has 0 aliphatic carbocycles. The molecular formula is C25H21F4N7O4. The molecule has 208 valence electrons. The number of alkyl halides is 3. The molecule has 0 saturated carbocycles. The van der Waals surface area contributed by atoms with Crippen LogP contribution in [0.3, 0.4) is 0 Å². The Morgan fingerprint density at radius 1 is 1.20 bits per heavy atom. The van der Waals surface area contributed by atoms with E-state index in [2.05, 4.69) is 30.5 Å². The standard InChI is InChI=1S/C23H20FN7O2.C2HF3O2/c1-3-31(19-6-4-5-18-16(19)10-27-30-18)22-17(24)11-26-23(29-22)28-14-7-8-15(20(9-14)32-2)21-12-25-13-33-21;3-2(4,5)1(6)7/h4-13H,3H2,1-2H3,(H,27,30)(H,26,28,29);(H,6,7). The van der Waals surface area contributed by atoms with Crippen LogP contribution in [0.15, 0.2) is 65.8 Å². The summed E-state index contributed by atoms with van der Waals surface area (Å²) >= 11 is 0. The van der Waals surface area contributed by atoms with Crippen LogP contribution in [0.25, 0.3) is 22.2 Å². The van der Waals surface area contributed by atoms with Gasteiger partial charge < -0.3 is 24.5 Å². The van der Waals surface area contributed by atoms with Gasteiger partial charge in [-0.2, -0.15) is 23.3 Å². The summed E-state index contributed by atoms with van der Waals surface area (Å²) in [5.74, 6) is -1.70. The number of aromatic nitrogens is 5. The number of benzene rings is 2. The van der Waals surface area contributed by atoms with E-state index in [0.717, 1.165) is 28.4 Å². The number of oxazole rings is 1. The second kappa shape index (κ2) is 11.7. The minimum absolute atomic E-state index is 0.161. The van der Waals surface area contributed by atoms with Crippen molar-refractivity contribution in [2.24, 2.45) is 0 Å². The van der Waals surface area contributed by atoms with E-state index in [1.54, 1.807) is 30.5 Å². The van der Waals surface area contributed by atoms with Crippen LogP contribution < -0.4 is 15.0 Å². The second-order valence-corrected chi connectivity index (χ2v) is 7.93. The molecule has 0 radical (unpaired) electrons. The molecule has 0 spiro atoms. The van der Waals surface area contributed by atoms with Gasteiger partial charge in [-0.05, 0) is 31.2 Å². The Bertz CT molecular complexity index is 1610. The lowest BCUT2D eigenvalue weighted by atomic mass is 10.1. The lowest BCUT2D eigenvalue weighted by Gasteiger charge is -2.23. The molecule has 0 saturated heterocycles. The molecule has 5 aromatic rings. The highest BCUT2D eigenvalue weighted by Gasteiger charge is 2.38. The first-order chi connectivity index (χ1) is 19.1. The summed E-state index contributed by atoms with van der Waals surface area (Å²) in [4.78, 5) is 23.2. The van der Waals surface area contributed by atoms with Gasteiger partial charge in [-0.15, -0.1) is 0 Å². The van der Waals surface area contributed by atoms with Crippen LogP contribution in [0.4, 0.5) is 40.7 Å². The highest BCUT2D eigenvalue weighted by atomic mass is 19.4. The number of carboxylic acids is 1. The van der Waals surface area contributed by atoms with Gasteiger partial charge in [0.2, 0.25) is 5.95 Å². The minimum atomic E-state index is -5.08. The number of rotatable bonds is 7. The number of carbonyl (C=O) groups is 1. The van der Waals surface area contributed by atoms with Gasteiger partial charge in [-0.25, -0.2) is 19.2 Å². The van der Waals surface area contributed by atoms with Crippen molar-refractivity contribution < 1.29 is 36.6 Å². The number of nitrogens with one attached hydrogen (secondary N) is 2. The summed E-state index contributed by atoms with van der Waals surface area (Å²) in [7, 11) is 1.57. The molecule has 11 nitrogen and oxygen atoms in total. The third-order valence-corrected chi connectivity index (χ3v) is 5.45. The lowest BCUT2D eigenvalue weighted by Crippen LogP contribution is -2.21. The first kappa shape index (κ1) is 27.8. The van der Waals surface area contributed by atoms with Gasteiger partial charge in [-0.1, -0.05) is 6.07 Å². The smallest absolute Gasteiger partial charge is 0.490 e. The maximum atomic E-state index is 14.8. The molecule has 0 aliphatic heterocycles. The van der Waals surface area contributed by atoms with Crippen molar-refractivity contribution in [2.75, 3.05) is 23.9 Å². The number of ether oxygens (including phenoxy) is 1. The monoisotopic (exact) mass is 559 g/mol. The summed E-state index contributed by atoms with van der Waals surface area (Å²) in [5.41, 5.74) is 3.09. The number of halogens is 4. The van der Waals surface area contributed by atoms with Crippen molar-refractivity contribution in [3.63, 3.8) is 0 Å². The van der Waals surface area contributed by atoms with Crippen molar-refractivity contribution in [1.82, 2.24) is 25.1 Å². The van der Waals surface area contributed by atoms with E-state index in [0.29, 0.717) is 23.7 Å². The molecule has 3 N–H and O–H groups in total. The zero-order valence-electron chi connectivity index (χ0n) is 20.9. The van der Waals surface area contributed by atoms with Crippen LogP contribution in [0.5, 0.6) is 5.75 Å². The molecule has 0 amide bonds. The summed E-state index contributed by atoms with van der Waals surface area (Å²) in [5, 5.41) is 18.2. The van der Waals surface area contributed by atoms with Crippen LogP contribution in [-0.2, 0) is 4.79 Å². The maximum absolute atomic E-state index is 14.8. The van der Waals surface area contributed by atoms with Crippen LogP contribution in [0, 0.1) is 5.82 Å². The van der Waals surface area contributed by atoms with Gasteiger partial charge in [0.15, 0.2) is 23.8 Å². The summed E-state index contributed by atoms with van der Waals surface area (Å²) in [6.07, 6.45) is 0.759. The Morgan fingerprint density at radius 2 is 1.98 bits per heavy atom. The van der Waals surface area contributed by atoms with E-state index in [9.17, 15) is 17.6 Å². The number of anilines is 4. The largest absolute Gasteiger partial charge is 0.496 e. The fourth-order valence-corrected chi connectivity index (χ4v) is 3.68. The van der Waals surface area contributed by atoms with Crippen molar-refractivity contribution in [3.8, 4) is 17.1 Å². The van der Waals surface area contributed by atoms with Gasteiger partial charge in [-0.3, -0.25) is 5.10 Å². The molecule has 0 fully saturated rings. The van der Waals surface area contributed by atoms with E-state index < -0.39 is 18.0 Å². The molecule has 0 unspecified atom stereocenters. The number of hydrogen-bond donors (Lipinski definition) is 3. The average molecular weight is 559 g/mol. The summed E-state index contributed by atoms with van der Waals surface area (Å²) in [6.45, 7) is 2.43. The van der Waals surface area contributed by atoms with Crippen LogP contribution in [0.2, 0.25) is 0 Å². The quantitative estimate of drug-likeness (QED) is 0.213. The van der Waals surface area contributed by atoms with E-state index in [1.807, 2.05) is 37.3 Å². The van der Waals surface area contributed by atoms with Crippen molar-refractivity contribution in [1.29, 1.82) is 0 Å². The molecule has 0 aliphatic rings. The molecule has 3 heterocycles. The van der Waals surface area contributed by atoms with Gasteiger partial charge in [0, 0.05) is 23.7 Å². The van der Waals surface area contributed by atoms with E-state index >= 15 is 0 Å². The third kappa shape index (κ3) is 6.09. The maximum Gasteiger partial charge on any atom is 0.490 e. The normalized spacial score (nSPS) is 11.1. The second-order valence-electron chi connectivity index (χ2n) is 7.93. The minimum Gasteiger partial charge on any atom is -0.496 e. The van der Waals surface area contributed by atoms with Crippen molar-refractivity contribution in [3.05, 3.63) is 67.2 Å². The van der Waals surface area contributed by atoms with Crippen LogP contribution >= 0.6 is 0 Å². The van der Waals surface area contributed by atoms with E-state index in [1.165, 1.54) is 6.39 Å². The Labute approximate surface area is 223 Å². The first-order valence-corrected chi connectivity index (χ1v) is 11.5. The molecule has 40 heavy (non-hydrogen) atoms. The van der Waals surface area contributed by atoms with E-state index in [-0.39, 0.29) is 11.8 Å². The Balaban J connectivity index is 0.000000470. The number of methoxy groups -OCH3 is 1. The fraction of sp³-hybridized carbons (Fsp3) is 0.160. The Morgan fingerprint density at radius 3 is 2.62 bits per heavy atom. The van der Waals surface area contributed by atoms with Crippen LogP contribution in [-0.4, -0.2) is 56.1 Å². The SMILES string of the molecule is CCN(c1nc(Nc2ccc(-c3cnco3)c(OC)c2)ncc1F)c1cccc2[nH]ncc12.O=C(O)C(F)(F)F. The number of aliphatic carboxylic acids is 1. The molecule has 0 bridgehead atoms. The van der Waals surface area contributed by atoms with Gasteiger partial charge in [0.25, 0.3) is 0 Å². The third-order valence-electron chi connectivity index (χ3n) is 5.45. The fourth-order valence-electron chi connectivity index (χ4n) is 3.68. The zero-order valence-corrected chi connectivity index (χ0v) is 20.9. The topological polar surface area (TPSA) is 142 Å². The molecule has 15 heteroatoms. The average Bonchev–Trinajstić information content (AvgIpc) is 3.63. The van der Waals surface area contributed by atoms with Gasteiger partial charge in [0.05, 0.1) is 42.5 Å². The molecular weight excluding hydrogens is 538 g/mol. The Kier molecular flexibility index (Phi) is 8.12. The first-order valence-electron chi connectivity index (χ1n) is 11.5. The van der Waals surface area contributed by atoms with Gasteiger partial charge in [0.1, 0.15) is 5.75 Å². The number of H-pyrrole nitrogens is 1. The van der Waals surface area contributed by atoms with Gasteiger partial charge >= 0.3 is 12.1 Å². The van der Waals surface area contributed by atoms with Crippen LogP contribution in [0.1, 0.15) is 6.92 Å². The van der Waals surface area contributed by atoms with Crippen molar-refractivity contribution >= 4 is 40.0 Å². The molecule has 3 aromatic heterocycles. The predicted molar refractivity (Wildman–Crippen MR) is 136 cm³/mol. The number of nitrogens with zero attached hydrogens (tertiary/aromatic N) is 5. The number of hydrogen-bond acceptors (Lipinski definition) is 9. The molecule has 2 aromatic carbocycles.